The summed E-state index contributed by atoms with van der Waals surface area (Å²) in [6.07, 6.45) is 13.4. The van der Waals surface area contributed by atoms with Gasteiger partial charge in [0.2, 0.25) is 0 Å². The standard InChI is InChI=1S/2C10H14N2.2Cr.7O/c2*1-12-7-3-5-10(12)9-4-2-6-11-8-9;;;;;;;;;/h2*2,4,6,8,10H,3,5,7H2,1H3;;;;;;;;;/q;;;;;;;;;2*-1/p+2/t2*10-;;;;;;;;;/m00........./s1. The third-order valence-corrected chi connectivity index (χ3v) is 8.11. The molecule has 11 nitrogen and oxygen atoms in total. The fraction of sp³-hybridized carbons (Fsp3) is 0.500. The van der Waals surface area contributed by atoms with Gasteiger partial charge in [-0.1, -0.05) is 0 Å². The summed E-state index contributed by atoms with van der Waals surface area (Å²) in [5, 5.41) is 0. The van der Waals surface area contributed by atoms with Gasteiger partial charge < -0.3 is 0 Å². The number of nitrogens with one attached hydrogen (secondary N) is 2. The summed E-state index contributed by atoms with van der Waals surface area (Å²) in [5.74, 6) is 0. The first-order valence-corrected chi connectivity index (χ1v) is 14.6. The molecule has 2 atom stereocenters. The second-order valence-electron chi connectivity index (χ2n) is 7.84. The molecule has 0 amide bonds. The summed E-state index contributed by atoms with van der Waals surface area (Å²) in [7, 11) is 4.40. The van der Waals surface area contributed by atoms with Gasteiger partial charge in [0.25, 0.3) is 0 Å². The molecular formula is C20H30Cr2N4O7. The van der Waals surface area contributed by atoms with Crippen molar-refractivity contribution >= 4 is 0 Å². The molecule has 0 radical (unpaired) electrons. The molecule has 2 aromatic heterocycles. The first-order valence-electron chi connectivity index (χ1n) is 10.4. The van der Waals surface area contributed by atoms with Crippen LogP contribution in [0.2, 0.25) is 0 Å². The molecule has 2 aliphatic heterocycles. The Balaban J connectivity index is 0.000000178. The van der Waals surface area contributed by atoms with Gasteiger partial charge >= 0.3 is 53.6 Å². The first kappa shape index (κ1) is 27.6. The topological polar surface area (TPSA) is 158 Å². The molecule has 33 heavy (non-hydrogen) atoms. The van der Waals surface area contributed by atoms with Gasteiger partial charge in [0.05, 0.1) is 0 Å². The van der Waals surface area contributed by atoms with Gasteiger partial charge in [0, 0.05) is 35.3 Å². The first-order chi connectivity index (χ1) is 15.5. The Morgan fingerprint density at radius 2 is 1.21 bits per heavy atom. The molecule has 4 heterocycles. The monoisotopic (exact) mass is 542 g/mol. The van der Waals surface area contributed by atoms with Crippen LogP contribution in [0, 0.1) is 0 Å². The molecule has 184 valence electrons. The normalized spacial score (nSPS) is 21.6. The van der Waals surface area contributed by atoms with E-state index in [1.807, 2.05) is 12.4 Å². The van der Waals surface area contributed by atoms with Crippen LogP contribution in [0.4, 0.5) is 0 Å². The number of aromatic amines is 2. The van der Waals surface area contributed by atoms with Gasteiger partial charge in [-0.3, -0.25) is 9.80 Å². The van der Waals surface area contributed by atoms with Crippen LogP contribution in [0.25, 0.3) is 0 Å². The molecule has 13 heteroatoms. The van der Waals surface area contributed by atoms with Crippen LogP contribution in [0.5, 0.6) is 0 Å². The molecule has 4 rings (SSSR count). The Kier molecular flexibility index (Phi) is 10.6. The van der Waals surface area contributed by atoms with Crippen molar-refractivity contribution in [1.29, 1.82) is 0 Å². The molecule has 2 saturated heterocycles. The minimum atomic E-state index is -6.07. The number of aromatic nitrogens is 2. The van der Waals surface area contributed by atoms with Gasteiger partial charge in [0.1, 0.15) is 0 Å². The van der Waals surface area contributed by atoms with Gasteiger partial charge in [-0.15, -0.1) is 0 Å². The van der Waals surface area contributed by atoms with Crippen LogP contribution in [0.1, 0.15) is 48.9 Å². The summed E-state index contributed by atoms with van der Waals surface area (Å²) < 4.78 is 58.9. The SMILES string of the molecule is CN1CCC[C@H]1c1ccc[nH+]c1.CN1CCC[C@H]1c1ccc[nH+]c1.[O]=[Cr](=[O])([O-])[O][Cr](=[O])(=[O])[O-]. The summed E-state index contributed by atoms with van der Waals surface area (Å²) in [6, 6.07) is 9.82. The van der Waals surface area contributed by atoms with Crippen molar-refractivity contribution in [1.82, 2.24) is 9.80 Å². The predicted molar refractivity (Wildman–Crippen MR) is 99.0 cm³/mol. The number of likely N-dealkylation sites (tertiary alicyclic amines) is 2. The quantitative estimate of drug-likeness (QED) is 0.502. The fourth-order valence-electron chi connectivity index (χ4n) is 3.99. The summed E-state index contributed by atoms with van der Waals surface area (Å²) in [5.41, 5.74) is 2.83. The van der Waals surface area contributed by atoms with Crippen molar-refractivity contribution in [2.45, 2.75) is 37.8 Å². The van der Waals surface area contributed by atoms with E-state index in [0.717, 1.165) is 0 Å². The van der Waals surface area contributed by atoms with Gasteiger partial charge in [0.15, 0.2) is 24.8 Å². The molecule has 0 spiro atoms. The minimum absolute atomic E-state index is 0.641. The van der Waals surface area contributed by atoms with E-state index in [9.17, 15) is 23.5 Å². The van der Waals surface area contributed by atoms with E-state index in [1.54, 1.807) is 0 Å². The van der Waals surface area contributed by atoms with E-state index in [2.05, 4.69) is 73.4 Å². The van der Waals surface area contributed by atoms with E-state index in [-0.39, 0.29) is 0 Å². The maximum atomic E-state index is 9.38. The number of rotatable bonds is 4. The van der Waals surface area contributed by atoms with Gasteiger partial charge in [-0.25, -0.2) is 9.97 Å². The summed E-state index contributed by atoms with van der Waals surface area (Å²) >= 11 is -12.1. The summed E-state index contributed by atoms with van der Waals surface area (Å²) in [6.45, 7) is 2.47. The van der Waals surface area contributed by atoms with Crippen molar-refractivity contribution in [3.63, 3.8) is 0 Å². The Morgan fingerprint density at radius 1 is 0.818 bits per heavy atom. The van der Waals surface area contributed by atoms with E-state index in [4.69, 9.17) is 0 Å². The molecule has 0 aliphatic carbocycles. The molecule has 2 N–H and O–H groups in total. The Bertz CT molecular complexity index is 969. The number of H-pyrrole nitrogens is 2. The van der Waals surface area contributed by atoms with Crippen molar-refractivity contribution in [3.05, 3.63) is 60.2 Å². The number of pyridine rings is 2. The van der Waals surface area contributed by atoms with Crippen LogP contribution in [-0.2, 0) is 45.3 Å². The van der Waals surface area contributed by atoms with Crippen LogP contribution in [-0.4, -0.2) is 37.0 Å². The van der Waals surface area contributed by atoms with E-state index in [0.29, 0.717) is 12.1 Å². The maximum absolute atomic E-state index is 9.38. The zero-order valence-electron chi connectivity index (χ0n) is 18.6. The van der Waals surface area contributed by atoms with Crippen molar-refractivity contribution < 1.29 is 63.6 Å². The number of hydrogen-bond acceptors (Lipinski definition) is 9. The molecule has 0 saturated carbocycles. The third-order valence-electron chi connectivity index (χ3n) is 5.44. The molecule has 2 aromatic rings. The molecule has 2 aliphatic rings. The zero-order chi connectivity index (χ0) is 24.5. The number of nitrogens with zero attached hydrogens (tertiary/aromatic N) is 2. The zero-order valence-corrected chi connectivity index (χ0v) is 21.1. The van der Waals surface area contributed by atoms with E-state index < -0.39 is 27.2 Å². The Morgan fingerprint density at radius 3 is 1.42 bits per heavy atom. The van der Waals surface area contributed by atoms with Crippen LogP contribution in [0.3, 0.4) is 0 Å². The van der Waals surface area contributed by atoms with Crippen LogP contribution >= 0.6 is 0 Å². The third kappa shape index (κ3) is 10.4. The molecule has 0 aromatic carbocycles. The summed E-state index contributed by atoms with van der Waals surface area (Å²) in [4.78, 5) is 11.1. The van der Waals surface area contributed by atoms with Gasteiger partial charge in [-0.2, -0.15) is 0 Å². The average molecular weight is 542 g/mol. The molecule has 0 unspecified atom stereocenters. The predicted octanol–water partition coefficient (Wildman–Crippen LogP) is -0.392. The molecule has 0 bridgehead atoms. The number of hydrogen-bond donors (Lipinski definition) is 0. The van der Waals surface area contributed by atoms with Crippen molar-refractivity contribution in [3.8, 4) is 0 Å². The average Bonchev–Trinajstić information content (AvgIpc) is 3.35. The Hall–Kier alpha value is -1.64. The van der Waals surface area contributed by atoms with E-state index >= 15 is 0 Å². The van der Waals surface area contributed by atoms with E-state index in [1.165, 1.54) is 49.9 Å². The van der Waals surface area contributed by atoms with Crippen LogP contribution < -0.4 is 18.3 Å². The Labute approximate surface area is 198 Å². The molecule has 2 fully saturated rings. The fourth-order valence-corrected chi connectivity index (χ4v) is 5.63. The second-order valence-corrected chi connectivity index (χ2v) is 11.5. The molecular weight excluding hydrogens is 512 g/mol. The van der Waals surface area contributed by atoms with Crippen LogP contribution in [0.15, 0.2) is 49.1 Å². The van der Waals surface area contributed by atoms with Crippen molar-refractivity contribution in [2.75, 3.05) is 27.2 Å². The van der Waals surface area contributed by atoms with Gasteiger partial charge in [-0.05, 0) is 65.0 Å². The van der Waals surface area contributed by atoms with Crippen molar-refractivity contribution in [2.24, 2.45) is 0 Å². The second kappa shape index (κ2) is 12.7.